The number of carbonyl (C=O) groups excluding carboxylic acids is 1. The van der Waals surface area contributed by atoms with Gasteiger partial charge in [-0.05, 0) is 22.8 Å². The molecule has 0 radical (unpaired) electrons. The zero-order valence-electron chi connectivity index (χ0n) is 14.8. The first kappa shape index (κ1) is 18.3. The second-order valence-electron chi connectivity index (χ2n) is 5.80. The average molecular weight is 363 g/mol. The zero-order chi connectivity index (χ0) is 18.7. The molecular weight excluding hydrogens is 342 g/mol. The van der Waals surface area contributed by atoms with Crippen LogP contribution in [0.1, 0.15) is 16.7 Å². The van der Waals surface area contributed by atoms with Crippen LogP contribution in [0.25, 0.3) is 0 Å². The third kappa shape index (κ3) is 6.41. The molecule has 0 aliphatic heterocycles. The number of rotatable bonds is 8. The maximum atomic E-state index is 11.8. The fraction of sp³-hybridized carbons (Fsp3) is 0.150. The predicted molar refractivity (Wildman–Crippen MR) is 102 cm³/mol. The van der Waals surface area contributed by atoms with Crippen molar-refractivity contribution in [2.45, 2.75) is 19.8 Å². The Morgan fingerprint density at radius 3 is 2.37 bits per heavy atom. The maximum Gasteiger partial charge on any atom is 0.333 e. The Balaban J connectivity index is 1.41. The van der Waals surface area contributed by atoms with E-state index < -0.39 is 0 Å². The van der Waals surface area contributed by atoms with Crippen molar-refractivity contribution in [2.24, 2.45) is 0 Å². The molecule has 0 bridgehead atoms. The summed E-state index contributed by atoms with van der Waals surface area (Å²) in [5.41, 5.74) is 8.30. The third-order valence-electron chi connectivity index (χ3n) is 3.68. The molecule has 138 valence electrons. The van der Waals surface area contributed by atoms with Crippen molar-refractivity contribution in [2.75, 3.05) is 5.43 Å². The summed E-state index contributed by atoms with van der Waals surface area (Å²) < 4.78 is 5.75. The van der Waals surface area contributed by atoms with Crippen molar-refractivity contribution >= 4 is 12.0 Å². The van der Waals surface area contributed by atoms with E-state index in [4.69, 9.17) is 4.74 Å². The number of benzene rings is 2. The molecule has 2 aromatic carbocycles. The maximum absolute atomic E-state index is 11.8. The van der Waals surface area contributed by atoms with E-state index in [1.54, 1.807) is 18.5 Å². The Morgan fingerprint density at radius 2 is 1.56 bits per heavy atom. The number of anilines is 1. The van der Waals surface area contributed by atoms with Gasteiger partial charge in [0.05, 0.1) is 13.2 Å². The molecule has 3 N–H and O–H groups in total. The van der Waals surface area contributed by atoms with Gasteiger partial charge in [-0.25, -0.2) is 20.2 Å². The van der Waals surface area contributed by atoms with E-state index in [1.807, 2.05) is 54.6 Å². The average Bonchev–Trinajstić information content (AvgIpc) is 2.73. The first-order chi connectivity index (χ1) is 13.3. The molecule has 7 nitrogen and oxygen atoms in total. The van der Waals surface area contributed by atoms with Crippen molar-refractivity contribution in [3.8, 4) is 0 Å². The minimum atomic E-state index is -0.367. The number of ether oxygens (including phenoxy) is 1. The van der Waals surface area contributed by atoms with Crippen molar-refractivity contribution < 1.29 is 9.53 Å². The summed E-state index contributed by atoms with van der Waals surface area (Å²) in [6.45, 7) is 1.48. The Morgan fingerprint density at radius 1 is 0.852 bits per heavy atom. The molecule has 1 heterocycles. The molecule has 7 heteroatoms. The third-order valence-corrected chi connectivity index (χ3v) is 3.68. The number of hydrazine groups is 1. The van der Waals surface area contributed by atoms with E-state index in [-0.39, 0.29) is 6.03 Å². The molecule has 3 rings (SSSR count). The lowest BCUT2D eigenvalue weighted by atomic mass is 10.1. The van der Waals surface area contributed by atoms with Gasteiger partial charge in [0.2, 0.25) is 5.95 Å². The number of amides is 2. The highest BCUT2D eigenvalue weighted by molar-refractivity contribution is 5.74. The summed E-state index contributed by atoms with van der Waals surface area (Å²) in [6.07, 6.45) is 3.17. The van der Waals surface area contributed by atoms with Crippen LogP contribution in [0.5, 0.6) is 0 Å². The standard InChI is InChI=1S/C20H21N5O2/c26-20(25-24-19-21-10-5-11-22-19)23-13-17-8-4-9-18(12-17)15-27-14-16-6-2-1-3-7-16/h1-12H,13-15H2,(H,21,22,24)(H2,23,25,26). The summed E-state index contributed by atoms with van der Waals surface area (Å²) >= 11 is 0. The lowest BCUT2D eigenvalue weighted by molar-refractivity contribution is 0.107. The van der Waals surface area contributed by atoms with E-state index >= 15 is 0 Å². The molecule has 0 saturated heterocycles. The SMILES string of the molecule is O=C(NCc1cccc(COCc2ccccc2)c1)NNc1ncccn1. The van der Waals surface area contributed by atoms with Gasteiger partial charge in [0, 0.05) is 18.9 Å². The molecule has 0 unspecified atom stereocenters. The molecule has 0 saturated carbocycles. The van der Waals surface area contributed by atoms with E-state index in [1.165, 1.54) is 0 Å². The van der Waals surface area contributed by atoms with E-state index in [0.717, 1.165) is 16.7 Å². The summed E-state index contributed by atoms with van der Waals surface area (Å²) in [4.78, 5) is 19.7. The van der Waals surface area contributed by atoms with E-state index in [2.05, 4.69) is 26.1 Å². The van der Waals surface area contributed by atoms with Crippen LogP contribution < -0.4 is 16.2 Å². The highest BCUT2D eigenvalue weighted by Gasteiger charge is 2.02. The van der Waals surface area contributed by atoms with Crippen LogP contribution >= 0.6 is 0 Å². The van der Waals surface area contributed by atoms with Crippen LogP contribution in [-0.2, 0) is 24.5 Å². The molecule has 3 aromatic rings. The van der Waals surface area contributed by atoms with Gasteiger partial charge in [0.1, 0.15) is 0 Å². The number of carbonyl (C=O) groups is 1. The zero-order valence-corrected chi connectivity index (χ0v) is 14.8. The van der Waals surface area contributed by atoms with E-state index in [9.17, 15) is 4.79 Å². The van der Waals surface area contributed by atoms with Crippen molar-refractivity contribution in [3.05, 3.63) is 89.7 Å². The molecule has 0 fully saturated rings. The number of nitrogens with zero attached hydrogens (tertiary/aromatic N) is 2. The Bertz CT molecular complexity index is 843. The molecule has 27 heavy (non-hydrogen) atoms. The quantitative estimate of drug-likeness (QED) is 0.536. The van der Waals surface area contributed by atoms with Crippen molar-refractivity contribution in [3.63, 3.8) is 0 Å². The smallest absolute Gasteiger partial charge is 0.333 e. The monoisotopic (exact) mass is 363 g/mol. The van der Waals surface area contributed by atoms with Gasteiger partial charge in [-0.1, -0.05) is 54.6 Å². The van der Waals surface area contributed by atoms with Crippen LogP contribution in [0.2, 0.25) is 0 Å². The van der Waals surface area contributed by atoms with Crippen molar-refractivity contribution in [1.29, 1.82) is 0 Å². The number of urea groups is 1. The highest BCUT2D eigenvalue weighted by Crippen LogP contribution is 2.09. The molecule has 0 aliphatic carbocycles. The van der Waals surface area contributed by atoms with Crippen LogP contribution in [0.15, 0.2) is 73.1 Å². The van der Waals surface area contributed by atoms with Gasteiger partial charge in [0.25, 0.3) is 0 Å². The van der Waals surface area contributed by atoms with Crippen LogP contribution in [0, 0.1) is 0 Å². The van der Waals surface area contributed by atoms with Gasteiger partial charge in [-0.2, -0.15) is 0 Å². The minimum Gasteiger partial charge on any atom is -0.372 e. The molecule has 0 atom stereocenters. The van der Waals surface area contributed by atoms with Crippen LogP contribution in [-0.4, -0.2) is 16.0 Å². The summed E-state index contributed by atoms with van der Waals surface area (Å²) in [5, 5.41) is 2.77. The van der Waals surface area contributed by atoms with Crippen molar-refractivity contribution in [1.82, 2.24) is 20.7 Å². The van der Waals surface area contributed by atoms with Gasteiger partial charge >= 0.3 is 6.03 Å². The fourth-order valence-electron chi connectivity index (χ4n) is 2.39. The molecule has 1 aromatic heterocycles. The lowest BCUT2D eigenvalue weighted by Crippen LogP contribution is -2.39. The number of aromatic nitrogens is 2. The summed E-state index contributed by atoms with van der Waals surface area (Å²) in [5.74, 6) is 0.324. The van der Waals surface area contributed by atoms with Gasteiger partial charge in [-0.3, -0.25) is 5.43 Å². The first-order valence-corrected chi connectivity index (χ1v) is 8.56. The topological polar surface area (TPSA) is 88.2 Å². The Kier molecular flexibility index (Phi) is 6.72. The molecule has 2 amide bonds. The Hall–Kier alpha value is -3.45. The second-order valence-corrected chi connectivity index (χ2v) is 5.80. The van der Waals surface area contributed by atoms with Gasteiger partial charge in [0.15, 0.2) is 0 Å². The number of hydrogen-bond acceptors (Lipinski definition) is 5. The minimum absolute atomic E-state index is 0.324. The first-order valence-electron chi connectivity index (χ1n) is 8.56. The summed E-state index contributed by atoms with van der Waals surface area (Å²) in [6, 6.07) is 19.3. The summed E-state index contributed by atoms with van der Waals surface area (Å²) in [7, 11) is 0. The lowest BCUT2D eigenvalue weighted by Gasteiger charge is -2.10. The molecule has 0 spiro atoms. The second kappa shape index (κ2) is 9.88. The molecular formula is C20H21N5O2. The van der Waals surface area contributed by atoms with Gasteiger partial charge in [-0.15, -0.1) is 0 Å². The van der Waals surface area contributed by atoms with Crippen LogP contribution in [0.3, 0.4) is 0 Å². The van der Waals surface area contributed by atoms with Gasteiger partial charge < -0.3 is 10.1 Å². The fourth-order valence-corrected chi connectivity index (χ4v) is 2.39. The predicted octanol–water partition coefficient (Wildman–Crippen LogP) is 3.02. The normalized spacial score (nSPS) is 10.2. The highest BCUT2D eigenvalue weighted by atomic mass is 16.5. The van der Waals surface area contributed by atoms with Crippen LogP contribution in [0.4, 0.5) is 10.7 Å². The Labute approximate surface area is 157 Å². The van der Waals surface area contributed by atoms with E-state index in [0.29, 0.717) is 25.7 Å². The molecule has 0 aliphatic rings. The largest absolute Gasteiger partial charge is 0.372 e. The number of hydrogen-bond donors (Lipinski definition) is 3. The number of nitrogens with one attached hydrogen (secondary N) is 3.